The van der Waals surface area contributed by atoms with Crippen LogP contribution in [0.4, 0.5) is 13.2 Å². The monoisotopic (exact) mass is 300 g/mol. The second-order valence-corrected chi connectivity index (χ2v) is 5.68. The van der Waals surface area contributed by atoms with E-state index in [1.807, 2.05) is 6.92 Å². The van der Waals surface area contributed by atoms with Crippen molar-refractivity contribution in [2.24, 2.45) is 0 Å². The van der Waals surface area contributed by atoms with Crippen molar-refractivity contribution in [3.63, 3.8) is 0 Å². The van der Waals surface area contributed by atoms with Crippen molar-refractivity contribution in [1.82, 2.24) is 10.2 Å². The maximum atomic E-state index is 12.9. The van der Waals surface area contributed by atoms with E-state index >= 15 is 0 Å². The van der Waals surface area contributed by atoms with Crippen molar-refractivity contribution < 1.29 is 13.2 Å². The largest absolute Gasteiger partial charge is 0.416 e. The van der Waals surface area contributed by atoms with Gasteiger partial charge < -0.3 is 5.32 Å². The fourth-order valence-corrected chi connectivity index (χ4v) is 3.04. The van der Waals surface area contributed by atoms with Crippen molar-refractivity contribution in [2.45, 2.75) is 44.9 Å². The van der Waals surface area contributed by atoms with Crippen molar-refractivity contribution in [2.75, 3.05) is 19.6 Å². The molecule has 2 nitrogen and oxygen atoms in total. The highest BCUT2D eigenvalue weighted by Crippen LogP contribution is 2.32. The van der Waals surface area contributed by atoms with Gasteiger partial charge in [0.1, 0.15) is 0 Å². The first-order valence-electron chi connectivity index (χ1n) is 7.57. The molecule has 118 valence electrons. The van der Waals surface area contributed by atoms with Crippen LogP contribution in [-0.4, -0.2) is 30.6 Å². The van der Waals surface area contributed by atoms with Crippen LogP contribution in [0.15, 0.2) is 24.3 Å². The molecule has 1 N–H and O–H groups in total. The van der Waals surface area contributed by atoms with Gasteiger partial charge in [0.05, 0.1) is 5.56 Å². The summed E-state index contributed by atoms with van der Waals surface area (Å²) in [5.74, 6) is 0. The molecule has 1 aromatic rings. The first-order valence-corrected chi connectivity index (χ1v) is 7.57. The van der Waals surface area contributed by atoms with Crippen LogP contribution in [0.5, 0.6) is 0 Å². The Morgan fingerprint density at radius 1 is 1.38 bits per heavy atom. The molecule has 1 heterocycles. The highest BCUT2D eigenvalue weighted by Gasteiger charge is 2.32. The minimum Gasteiger partial charge on any atom is -0.315 e. The third-order valence-corrected chi connectivity index (χ3v) is 4.18. The van der Waals surface area contributed by atoms with Crippen LogP contribution in [-0.2, 0) is 6.18 Å². The minimum absolute atomic E-state index is 0.00264. The highest BCUT2D eigenvalue weighted by atomic mass is 19.4. The molecule has 0 bridgehead atoms. The van der Waals surface area contributed by atoms with E-state index in [1.54, 1.807) is 6.07 Å². The summed E-state index contributed by atoms with van der Waals surface area (Å²) < 4.78 is 38.6. The van der Waals surface area contributed by atoms with E-state index in [2.05, 4.69) is 17.1 Å². The molecular formula is C16H23F3N2. The maximum Gasteiger partial charge on any atom is 0.416 e. The Labute approximate surface area is 124 Å². The SMILES string of the molecule is CCCN(C1CCNC1)C(C)c1cccc(C(F)(F)F)c1. The van der Waals surface area contributed by atoms with Crippen molar-refractivity contribution in [3.8, 4) is 0 Å². The first-order chi connectivity index (χ1) is 9.93. The standard InChI is InChI=1S/C16H23F3N2/c1-3-9-21(15-7-8-20-11-15)12(2)13-5-4-6-14(10-13)16(17,18)19/h4-6,10,12,15,20H,3,7-9,11H2,1-2H3. The van der Waals surface area contributed by atoms with Crippen LogP contribution >= 0.6 is 0 Å². The van der Waals surface area contributed by atoms with Gasteiger partial charge in [0.2, 0.25) is 0 Å². The van der Waals surface area contributed by atoms with Gasteiger partial charge in [-0.3, -0.25) is 4.90 Å². The highest BCUT2D eigenvalue weighted by molar-refractivity contribution is 5.28. The van der Waals surface area contributed by atoms with Gasteiger partial charge in [-0.1, -0.05) is 19.1 Å². The van der Waals surface area contributed by atoms with E-state index in [4.69, 9.17) is 0 Å². The number of halogens is 3. The number of hydrogen-bond donors (Lipinski definition) is 1. The van der Waals surface area contributed by atoms with Crippen LogP contribution in [0.25, 0.3) is 0 Å². The number of benzene rings is 1. The zero-order valence-electron chi connectivity index (χ0n) is 12.6. The van der Waals surface area contributed by atoms with Crippen molar-refractivity contribution in [3.05, 3.63) is 35.4 Å². The van der Waals surface area contributed by atoms with Gasteiger partial charge in [0.15, 0.2) is 0 Å². The quantitative estimate of drug-likeness (QED) is 0.889. The van der Waals surface area contributed by atoms with E-state index < -0.39 is 11.7 Å². The average molecular weight is 300 g/mol. The van der Waals surface area contributed by atoms with Gasteiger partial charge in [-0.2, -0.15) is 13.2 Å². The predicted octanol–water partition coefficient (Wildman–Crippen LogP) is 3.84. The zero-order valence-corrected chi connectivity index (χ0v) is 12.6. The number of hydrogen-bond acceptors (Lipinski definition) is 2. The second-order valence-electron chi connectivity index (χ2n) is 5.68. The van der Waals surface area contributed by atoms with Crippen LogP contribution in [0.3, 0.4) is 0 Å². The van der Waals surface area contributed by atoms with E-state index in [0.29, 0.717) is 6.04 Å². The van der Waals surface area contributed by atoms with E-state index in [1.165, 1.54) is 12.1 Å². The molecule has 1 aromatic carbocycles. The Bertz CT molecular complexity index is 453. The predicted molar refractivity (Wildman–Crippen MR) is 78.1 cm³/mol. The van der Waals surface area contributed by atoms with Gasteiger partial charge in [0, 0.05) is 18.6 Å². The van der Waals surface area contributed by atoms with Gasteiger partial charge in [0.25, 0.3) is 0 Å². The molecule has 0 spiro atoms. The molecule has 1 fully saturated rings. The summed E-state index contributed by atoms with van der Waals surface area (Å²) in [5, 5.41) is 3.33. The Kier molecular flexibility index (Phi) is 5.27. The van der Waals surface area contributed by atoms with Gasteiger partial charge in [-0.05, 0) is 50.6 Å². The zero-order chi connectivity index (χ0) is 15.5. The molecule has 2 atom stereocenters. The molecule has 1 saturated heterocycles. The van der Waals surface area contributed by atoms with E-state index in [0.717, 1.165) is 44.1 Å². The molecule has 0 amide bonds. The number of alkyl halides is 3. The normalized spacial score (nSPS) is 21.0. The smallest absolute Gasteiger partial charge is 0.315 e. The lowest BCUT2D eigenvalue weighted by molar-refractivity contribution is -0.137. The topological polar surface area (TPSA) is 15.3 Å². The third-order valence-electron chi connectivity index (χ3n) is 4.18. The molecule has 5 heteroatoms. The lowest BCUT2D eigenvalue weighted by atomic mass is 10.0. The Morgan fingerprint density at radius 3 is 2.71 bits per heavy atom. The Morgan fingerprint density at radius 2 is 2.14 bits per heavy atom. The molecule has 2 rings (SSSR count). The van der Waals surface area contributed by atoms with Crippen molar-refractivity contribution >= 4 is 0 Å². The maximum absolute atomic E-state index is 12.9. The summed E-state index contributed by atoms with van der Waals surface area (Å²) in [6.07, 6.45) is -2.22. The lowest BCUT2D eigenvalue weighted by Gasteiger charge is -2.34. The summed E-state index contributed by atoms with van der Waals surface area (Å²) in [6, 6.07) is 6.13. The fraction of sp³-hybridized carbons (Fsp3) is 0.625. The average Bonchev–Trinajstić information content (AvgIpc) is 2.97. The van der Waals surface area contributed by atoms with Gasteiger partial charge in [-0.15, -0.1) is 0 Å². The summed E-state index contributed by atoms with van der Waals surface area (Å²) in [7, 11) is 0. The molecule has 0 radical (unpaired) electrons. The van der Waals surface area contributed by atoms with E-state index in [9.17, 15) is 13.2 Å². The Hall–Kier alpha value is -1.07. The molecular weight excluding hydrogens is 277 g/mol. The number of rotatable bonds is 5. The van der Waals surface area contributed by atoms with Gasteiger partial charge >= 0.3 is 6.18 Å². The van der Waals surface area contributed by atoms with Crippen molar-refractivity contribution in [1.29, 1.82) is 0 Å². The molecule has 0 aromatic heterocycles. The van der Waals surface area contributed by atoms with Crippen LogP contribution in [0.2, 0.25) is 0 Å². The Balaban J connectivity index is 2.21. The molecule has 0 aliphatic carbocycles. The third kappa shape index (κ3) is 3.98. The summed E-state index contributed by atoms with van der Waals surface area (Å²) in [4.78, 5) is 2.33. The fourth-order valence-electron chi connectivity index (χ4n) is 3.04. The summed E-state index contributed by atoms with van der Waals surface area (Å²) in [6.45, 7) is 6.92. The molecule has 0 saturated carbocycles. The van der Waals surface area contributed by atoms with Crippen LogP contribution < -0.4 is 5.32 Å². The van der Waals surface area contributed by atoms with Crippen LogP contribution in [0, 0.1) is 0 Å². The molecule has 1 aliphatic rings. The minimum atomic E-state index is -4.28. The van der Waals surface area contributed by atoms with Gasteiger partial charge in [-0.25, -0.2) is 0 Å². The molecule has 2 unspecified atom stereocenters. The summed E-state index contributed by atoms with van der Waals surface area (Å²) in [5.41, 5.74) is 0.179. The number of nitrogens with zero attached hydrogens (tertiary/aromatic N) is 1. The summed E-state index contributed by atoms with van der Waals surface area (Å²) >= 11 is 0. The molecule has 21 heavy (non-hydrogen) atoms. The van der Waals surface area contributed by atoms with Crippen LogP contribution in [0.1, 0.15) is 43.9 Å². The van der Waals surface area contributed by atoms with E-state index in [-0.39, 0.29) is 6.04 Å². The second kappa shape index (κ2) is 6.79. The lowest BCUT2D eigenvalue weighted by Crippen LogP contribution is -2.39. The first kappa shape index (κ1) is 16.3. The number of nitrogens with one attached hydrogen (secondary N) is 1. The molecule has 1 aliphatic heterocycles.